The number of nitrogens with zero attached hydrogens (tertiary/aromatic N) is 3. The Kier molecular flexibility index (Phi) is 4.01. The lowest BCUT2D eigenvalue weighted by molar-refractivity contribution is 0.0759. The SMILES string of the molecule is Cc1ccc(C)c(C(=O)N(C)C[C@H]2CCc3nccn3C2)c1. The smallest absolute Gasteiger partial charge is 0.253 e. The van der Waals surface area contributed by atoms with Gasteiger partial charge in [0.2, 0.25) is 0 Å². The lowest BCUT2D eigenvalue weighted by Gasteiger charge is -2.28. The minimum absolute atomic E-state index is 0.123. The van der Waals surface area contributed by atoms with E-state index in [0.717, 1.165) is 42.6 Å². The first-order chi connectivity index (χ1) is 10.5. The van der Waals surface area contributed by atoms with Crippen molar-refractivity contribution in [3.05, 3.63) is 53.1 Å². The van der Waals surface area contributed by atoms with Crippen molar-refractivity contribution in [2.24, 2.45) is 5.92 Å². The van der Waals surface area contributed by atoms with Crippen molar-refractivity contribution in [3.8, 4) is 0 Å². The maximum atomic E-state index is 12.7. The number of hydrogen-bond acceptors (Lipinski definition) is 2. The Morgan fingerprint density at radius 1 is 1.41 bits per heavy atom. The van der Waals surface area contributed by atoms with E-state index < -0.39 is 0 Å². The van der Waals surface area contributed by atoms with Gasteiger partial charge in [0.05, 0.1) is 0 Å². The summed E-state index contributed by atoms with van der Waals surface area (Å²) in [5, 5.41) is 0. The highest BCUT2D eigenvalue weighted by Gasteiger charge is 2.23. The fraction of sp³-hybridized carbons (Fsp3) is 0.444. The molecule has 4 nitrogen and oxygen atoms in total. The molecule has 0 aliphatic carbocycles. The van der Waals surface area contributed by atoms with Gasteiger partial charge in [-0.1, -0.05) is 17.7 Å². The zero-order valence-electron chi connectivity index (χ0n) is 13.5. The van der Waals surface area contributed by atoms with Crippen LogP contribution in [0.15, 0.2) is 30.6 Å². The average molecular weight is 297 g/mol. The highest BCUT2D eigenvalue weighted by molar-refractivity contribution is 5.95. The van der Waals surface area contributed by atoms with Gasteiger partial charge in [0, 0.05) is 44.5 Å². The average Bonchev–Trinajstić information content (AvgIpc) is 2.96. The second kappa shape index (κ2) is 5.95. The fourth-order valence-electron chi connectivity index (χ4n) is 3.23. The molecule has 116 valence electrons. The van der Waals surface area contributed by atoms with Crippen LogP contribution in [0.25, 0.3) is 0 Å². The quantitative estimate of drug-likeness (QED) is 0.873. The molecular formula is C18H23N3O. The summed E-state index contributed by atoms with van der Waals surface area (Å²) >= 11 is 0. The van der Waals surface area contributed by atoms with Crippen LogP contribution in [-0.4, -0.2) is 34.0 Å². The molecule has 2 heterocycles. The topological polar surface area (TPSA) is 38.1 Å². The zero-order chi connectivity index (χ0) is 15.7. The molecule has 1 aliphatic rings. The van der Waals surface area contributed by atoms with Gasteiger partial charge >= 0.3 is 0 Å². The lowest BCUT2D eigenvalue weighted by atomic mass is 9.98. The van der Waals surface area contributed by atoms with Gasteiger partial charge in [0.15, 0.2) is 0 Å². The summed E-state index contributed by atoms with van der Waals surface area (Å²) in [7, 11) is 1.91. The summed E-state index contributed by atoms with van der Waals surface area (Å²) in [6, 6.07) is 6.06. The Morgan fingerprint density at radius 2 is 2.23 bits per heavy atom. The number of benzene rings is 1. The number of amides is 1. The summed E-state index contributed by atoms with van der Waals surface area (Å²) in [5.74, 6) is 1.79. The van der Waals surface area contributed by atoms with Crippen LogP contribution in [0, 0.1) is 19.8 Å². The molecule has 0 unspecified atom stereocenters. The van der Waals surface area contributed by atoms with Crippen LogP contribution in [0.2, 0.25) is 0 Å². The summed E-state index contributed by atoms with van der Waals surface area (Å²) in [6.07, 6.45) is 6.00. The summed E-state index contributed by atoms with van der Waals surface area (Å²) in [4.78, 5) is 18.9. The first-order valence-electron chi connectivity index (χ1n) is 7.87. The maximum Gasteiger partial charge on any atom is 0.253 e. The van der Waals surface area contributed by atoms with E-state index in [-0.39, 0.29) is 5.91 Å². The molecule has 0 fully saturated rings. The van der Waals surface area contributed by atoms with Gasteiger partial charge in [-0.05, 0) is 37.8 Å². The Labute approximate surface area is 131 Å². The molecule has 1 aromatic carbocycles. The minimum Gasteiger partial charge on any atom is -0.341 e. The van der Waals surface area contributed by atoms with E-state index in [0.29, 0.717) is 5.92 Å². The second-order valence-corrected chi connectivity index (χ2v) is 6.40. The van der Waals surface area contributed by atoms with Crippen LogP contribution < -0.4 is 0 Å². The van der Waals surface area contributed by atoms with Gasteiger partial charge < -0.3 is 9.47 Å². The van der Waals surface area contributed by atoms with Crippen LogP contribution >= 0.6 is 0 Å². The Bertz CT molecular complexity index is 689. The monoisotopic (exact) mass is 297 g/mol. The zero-order valence-corrected chi connectivity index (χ0v) is 13.5. The van der Waals surface area contributed by atoms with Crippen molar-refractivity contribution in [2.45, 2.75) is 33.2 Å². The lowest BCUT2D eigenvalue weighted by Crippen LogP contribution is -2.35. The first-order valence-corrected chi connectivity index (χ1v) is 7.87. The van der Waals surface area contributed by atoms with E-state index >= 15 is 0 Å². The third-order valence-corrected chi connectivity index (χ3v) is 4.54. The number of fused-ring (bicyclic) bond motifs is 1. The third-order valence-electron chi connectivity index (χ3n) is 4.54. The standard InChI is InChI=1S/C18H23N3O/c1-13-4-5-14(2)16(10-13)18(22)20(3)11-15-6-7-17-19-8-9-21(17)12-15/h4-5,8-10,15H,6-7,11-12H2,1-3H3/t15-/m1/s1. The van der Waals surface area contributed by atoms with Crippen molar-refractivity contribution < 1.29 is 4.79 Å². The van der Waals surface area contributed by atoms with Crippen molar-refractivity contribution in [1.82, 2.24) is 14.5 Å². The molecule has 1 amide bonds. The molecule has 1 aliphatic heterocycles. The number of carbonyl (C=O) groups excluding carboxylic acids is 1. The minimum atomic E-state index is 0.123. The number of carbonyl (C=O) groups is 1. The molecule has 0 spiro atoms. The number of hydrogen-bond donors (Lipinski definition) is 0. The van der Waals surface area contributed by atoms with Crippen LogP contribution in [0.5, 0.6) is 0 Å². The van der Waals surface area contributed by atoms with Crippen molar-refractivity contribution in [1.29, 1.82) is 0 Å². The molecule has 4 heteroatoms. The molecule has 1 aromatic heterocycles. The van der Waals surface area contributed by atoms with E-state index in [9.17, 15) is 4.79 Å². The molecule has 0 radical (unpaired) electrons. The van der Waals surface area contributed by atoms with Gasteiger partial charge in [0.1, 0.15) is 5.82 Å². The van der Waals surface area contributed by atoms with E-state index in [2.05, 4.69) is 9.55 Å². The normalized spacial score (nSPS) is 17.1. The van der Waals surface area contributed by atoms with Crippen LogP contribution in [0.4, 0.5) is 0 Å². The van der Waals surface area contributed by atoms with Gasteiger partial charge in [0.25, 0.3) is 5.91 Å². The van der Waals surface area contributed by atoms with Gasteiger partial charge in [-0.2, -0.15) is 0 Å². The molecule has 22 heavy (non-hydrogen) atoms. The van der Waals surface area contributed by atoms with E-state index in [1.54, 1.807) is 0 Å². The highest BCUT2D eigenvalue weighted by atomic mass is 16.2. The number of rotatable bonds is 3. The van der Waals surface area contributed by atoms with Crippen LogP contribution in [0.1, 0.15) is 33.7 Å². The Morgan fingerprint density at radius 3 is 3.05 bits per heavy atom. The molecular weight excluding hydrogens is 274 g/mol. The van der Waals surface area contributed by atoms with E-state index in [1.165, 1.54) is 5.82 Å². The first kappa shape index (κ1) is 14.8. The molecule has 0 saturated carbocycles. The van der Waals surface area contributed by atoms with E-state index in [1.807, 2.05) is 56.4 Å². The molecule has 3 rings (SSSR count). The van der Waals surface area contributed by atoms with Crippen molar-refractivity contribution >= 4 is 5.91 Å². The molecule has 2 aromatic rings. The van der Waals surface area contributed by atoms with Gasteiger partial charge in [-0.15, -0.1) is 0 Å². The summed E-state index contributed by atoms with van der Waals surface area (Å²) < 4.78 is 2.21. The van der Waals surface area contributed by atoms with Crippen molar-refractivity contribution in [3.63, 3.8) is 0 Å². The Balaban J connectivity index is 1.68. The predicted octanol–water partition coefficient (Wildman–Crippen LogP) is 2.83. The van der Waals surface area contributed by atoms with Crippen LogP contribution in [0.3, 0.4) is 0 Å². The van der Waals surface area contributed by atoms with Gasteiger partial charge in [-0.25, -0.2) is 4.98 Å². The van der Waals surface area contributed by atoms with Crippen molar-refractivity contribution in [2.75, 3.05) is 13.6 Å². The number of aromatic nitrogens is 2. The number of aryl methyl sites for hydroxylation is 3. The molecule has 0 N–H and O–H groups in total. The number of imidazole rings is 1. The highest BCUT2D eigenvalue weighted by Crippen LogP contribution is 2.20. The summed E-state index contributed by atoms with van der Waals surface area (Å²) in [6.45, 7) is 5.78. The predicted molar refractivity (Wildman–Crippen MR) is 86.9 cm³/mol. The largest absolute Gasteiger partial charge is 0.341 e. The maximum absolute atomic E-state index is 12.7. The molecule has 1 atom stereocenters. The molecule has 0 bridgehead atoms. The molecule has 0 saturated heterocycles. The Hall–Kier alpha value is -2.10. The van der Waals surface area contributed by atoms with Crippen LogP contribution in [-0.2, 0) is 13.0 Å². The second-order valence-electron chi connectivity index (χ2n) is 6.40. The summed E-state index contributed by atoms with van der Waals surface area (Å²) in [5.41, 5.74) is 2.99. The van der Waals surface area contributed by atoms with Gasteiger partial charge in [-0.3, -0.25) is 4.79 Å². The fourth-order valence-corrected chi connectivity index (χ4v) is 3.23. The third kappa shape index (κ3) is 2.91. The van der Waals surface area contributed by atoms with E-state index in [4.69, 9.17) is 0 Å².